The van der Waals surface area contributed by atoms with Gasteiger partial charge in [-0.1, -0.05) is 6.07 Å². The molecule has 0 radical (unpaired) electrons. The first kappa shape index (κ1) is 17.2. The van der Waals surface area contributed by atoms with E-state index in [-0.39, 0.29) is 18.5 Å². The van der Waals surface area contributed by atoms with E-state index in [0.717, 1.165) is 0 Å². The van der Waals surface area contributed by atoms with E-state index in [1.54, 1.807) is 36.7 Å². The highest BCUT2D eigenvalue weighted by atomic mass is 32.1. The summed E-state index contributed by atoms with van der Waals surface area (Å²) in [4.78, 5) is 33.7. The van der Waals surface area contributed by atoms with Gasteiger partial charge in [-0.15, -0.1) is 11.3 Å². The van der Waals surface area contributed by atoms with E-state index in [2.05, 4.69) is 9.97 Å². The van der Waals surface area contributed by atoms with Gasteiger partial charge in [-0.3, -0.25) is 19.1 Å². The lowest BCUT2D eigenvalue weighted by Gasteiger charge is -2.12. The second-order valence-electron chi connectivity index (χ2n) is 5.91. The smallest absolute Gasteiger partial charge is 0.303 e. The lowest BCUT2D eigenvalue weighted by Crippen LogP contribution is -2.24. The van der Waals surface area contributed by atoms with Crippen LogP contribution in [0.1, 0.15) is 12.8 Å². The minimum Gasteiger partial charge on any atom is -0.481 e. The first-order valence-electron chi connectivity index (χ1n) is 8.34. The van der Waals surface area contributed by atoms with Crippen LogP contribution in [0.15, 0.2) is 57.4 Å². The maximum Gasteiger partial charge on any atom is 0.303 e. The molecule has 0 aliphatic carbocycles. The van der Waals surface area contributed by atoms with Crippen LogP contribution >= 0.6 is 11.3 Å². The number of carboxylic acid groups (broad SMARTS) is 1. The number of rotatable bonds is 6. The van der Waals surface area contributed by atoms with Gasteiger partial charge in [0.05, 0.1) is 11.6 Å². The lowest BCUT2D eigenvalue weighted by molar-refractivity contribution is -0.137. The van der Waals surface area contributed by atoms with Crippen molar-refractivity contribution in [2.75, 3.05) is 0 Å². The molecule has 7 nitrogen and oxygen atoms in total. The van der Waals surface area contributed by atoms with Gasteiger partial charge < -0.3 is 9.52 Å². The summed E-state index contributed by atoms with van der Waals surface area (Å²) < 4.78 is 6.96. The fraction of sp³-hybridized carbons (Fsp3) is 0.158. The van der Waals surface area contributed by atoms with Crippen LogP contribution in [0.3, 0.4) is 0 Å². The van der Waals surface area contributed by atoms with Crippen LogP contribution in [0.2, 0.25) is 0 Å². The monoisotopic (exact) mass is 381 g/mol. The predicted octanol–water partition coefficient (Wildman–Crippen LogP) is 3.64. The number of fused-ring (bicyclic) bond motifs is 1. The molecule has 4 heterocycles. The van der Waals surface area contributed by atoms with Gasteiger partial charge in [0, 0.05) is 30.1 Å². The fourth-order valence-electron chi connectivity index (χ4n) is 2.92. The molecule has 0 aliphatic rings. The van der Waals surface area contributed by atoms with Crippen LogP contribution < -0.4 is 5.56 Å². The van der Waals surface area contributed by atoms with E-state index < -0.39 is 5.97 Å². The number of thiophene rings is 1. The molecule has 0 unspecified atom stereocenters. The second-order valence-corrected chi connectivity index (χ2v) is 6.77. The van der Waals surface area contributed by atoms with Crippen molar-refractivity contribution < 1.29 is 14.3 Å². The number of pyridine rings is 1. The average Bonchev–Trinajstić information content (AvgIpc) is 3.33. The number of carbonyl (C=O) groups is 1. The molecule has 136 valence electrons. The summed E-state index contributed by atoms with van der Waals surface area (Å²) in [6.45, 7) is 0.243. The van der Waals surface area contributed by atoms with Crippen LogP contribution in [-0.4, -0.2) is 25.6 Å². The Bertz CT molecular complexity index is 1150. The Morgan fingerprint density at radius 1 is 1.26 bits per heavy atom. The fourth-order valence-corrected chi connectivity index (χ4v) is 3.84. The zero-order valence-electron chi connectivity index (χ0n) is 14.2. The molecule has 0 aromatic carbocycles. The molecule has 4 aromatic rings. The van der Waals surface area contributed by atoms with Crippen LogP contribution in [-0.2, 0) is 11.3 Å². The molecule has 0 amide bonds. The maximum absolute atomic E-state index is 13.3. The summed E-state index contributed by atoms with van der Waals surface area (Å²) >= 11 is 1.37. The first-order valence-corrected chi connectivity index (χ1v) is 9.22. The van der Waals surface area contributed by atoms with Crippen molar-refractivity contribution in [1.29, 1.82) is 0 Å². The van der Waals surface area contributed by atoms with Crippen molar-refractivity contribution in [1.82, 2.24) is 14.5 Å². The standard InChI is InChI=1S/C19H15N3O4S/c23-15(24)7-3-9-22-17(13-5-1-2-8-20-13)21-18-16(19(22)25)12(11-27-18)14-6-4-10-26-14/h1-2,4-6,8,10-11H,3,7,9H2,(H,23,24). The molecule has 0 fully saturated rings. The first-order chi connectivity index (χ1) is 13.1. The van der Waals surface area contributed by atoms with Crippen LogP contribution in [0, 0.1) is 0 Å². The van der Waals surface area contributed by atoms with Gasteiger partial charge in [0.25, 0.3) is 5.56 Å². The Balaban J connectivity index is 1.91. The quantitative estimate of drug-likeness (QED) is 0.547. The minimum absolute atomic E-state index is 0.0270. The van der Waals surface area contributed by atoms with Gasteiger partial charge in [0.15, 0.2) is 5.82 Å². The number of nitrogens with zero attached hydrogens (tertiary/aromatic N) is 3. The van der Waals surface area contributed by atoms with Crippen LogP contribution in [0.5, 0.6) is 0 Å². The largest absolute Gasteiger partial charge is 0.481 e. The van der Waals surface area contributed by atoms with Crippen molar-refractivity contribution in [3.05, 3.63) is 58.5 Å². The van der Waals surface area contributed by atoms with Gasteiger partial charge in [-0.25, -0.2) is 4.98 Å². The average molecular weight is 381 g/mol. The number of hydrogen-bond acceptors (Lipinski definition) is 6. The van der Waals surface area contributed by atoms with Crippen molar-refractivity contribution in [2.24, 2.45) is 0 Å². The molecule has 4 rings (SSSR count). The zero-order valence-corrected chi connectivity index (χ0v) is 15.0. The topological polar surface area (TPSA) is 98.2 Å². The minimum atomic E-state index is -0.900. The molecule has 1 N–H and O–H groups in total. The molecule has 0 saturated heterocycles. The highest BCUT2D eigenvalue weighted by Crippen LogP contribution is 2.32. The van der Waals surface area contributed by atoms with Crippen molar-refractivity contribution in [3.63, 3.8) is 0 Å². The van der Waals surface area contributed by atoms with E-state index >= 15 is 0 Å². The highest BCUT2D eigenvalue weighted by molar-refractivity contribution is 7.17. The highest BCUT2D eigenvalue weighted by Gasteiger charge is 2.19. The molecular formula is C19H15N3O4S. The summed E-state index contributed by atoms with van der Waals surface area (Å²) in [6, 6.07) is 8.95. The number of aromatic nitrogens is 3. The summed E-state index contributed by atoms with van der Waals surface area (Å²) in [5.41, 5.74) is 1.04. The third kappa shape index (κ3) is 3.26. The molecule has 0 saturated carbocycles. The molecule has 0 atom stereocenters. The van der Waals surface area contributed by atoms with Gasteiger partial charge in [0.1, 0.15) is 16.3 Å². The Morgan fingerprint density at radius 2 is 2.15 bits per heavy atom. The molecule has 4 aromatic heterocycles. The Kier molecular flexibility index (Phi) is 4.55. The van der Waals surface area contributed by atoms with Gasteiger partial charge in [-0.2, -0.15) is 0 Å². The van der Waals surface area contributed by atoms with E-state index in [0.29, 0.717) is 39.5 Å². The number of carboxylic acids is 1. The van der Waals surface area contributed by atoms with E-state index in [4.69, 9.17) is 9.52 Å². The Morgan fingerprint density at radius 3 is 2.85 bits per heavy atom. The van der Waals surface area contributed by atoms with E-state index in [1.807, 2.05) is 11.4 Å². The molecule has 8 heteroatoms. The summed E-state index contributed by atoms with van der Waals surface area (Å²) in [5, 5.41) is 11.3. The maximum atomic E-state index is 13.3. The van der Waals surface area contributed by atoms with Crippen molar-refractivity contribution in [2.45, 2.75) is 19.4 Å². The summed E-state index contributed by atoms with van der Waals surface area (Å²) in [7, 11) is 0. The second kappa shape index (κ2) is 7.16. The summed E-state index contributed by atoms with van der Waals surface area (Å²) in [5.74, 6) is 0.137. The normalized spacial score (nSPS) is 11.1. The Labute approximate surface area is 157 Å². The van der Waals surface area contributed by atoms with E-state index in [1.165, 1.54) is 15.9 Å². The number of hydrogen-bond donors (Lipinski definition) is 1. The number of furan rings is 1. The van der Waals surface area contributed by atoms with Crippen molar-refractivity contribution >= 4 is 27.5 Å². The molecule has 0 aliphatic heterocycles. The lowest BCUT2D eigenvalue weighted by atomic mass is 10.2. The molecule has 27 heavy (non-hydrogen) atoms. The Hall–Kier alpha value is -3.26. The third-order valence-electron chi connectivity index (χ3n) is 4.15. The zero-order chi connectivity index (χ0) is 18.8. The van der Waals surface area contributed by atoms with Crippen LogP contribution in [0.4, 0.5) is 0 Å². The molecule has 0 bridgehead atoms. The molecule has 0 spiro atoms. The van der Waals surface area contributed by atoms with Gasteiger partial charge >= 0.3 is 5.97 Å². The molecular weight excluding hydrogens is 366 g/mol. The van der Waals surface area contributed by atoms with Crippen LogP contribution in [0.25, 0.3) is 33.1 Å². The predicted molar refractivity (Wildman–Crippen MR) is 102 cm³/mol. The third-order valence-corrected chi connectivity index (χ3v) is 5.02. The summed E-state index contributed by atoms with van der Waals surface area (Å²) in [6.07, 6.45) is 3.49. The van der Waals surface area contributed by atoms with Gasteiger partial charge in [0.2, 0.25) is 0 Å². The number of aliphatic carboxylic acids is 1. The SMILES string of the molecule is O=C(O)CCCn1c(-c2ccccn2)nc2scc(-c3ccco3)c2c1=O. The van der Waals surface area contributed by atoms with Crippen molar-refractivity contribution in [3.8, 4) is 22.8 Å². The van der Waals surface area contributed by atoms with E-state index in [9.17, 15) is 9.59 Å². The van der Waals surface area contributed by atoms with Gasteiger partial charge in [-0.05, 0) is 30.7 Å².